The number of hydrogen-bond acceptors (Lipinski definition) is 26. The van der Waals surface area contributed by atoms with Crippen LogP contribution in [0.25, 0.3) is 10.5 Å². The van der Waals surface area contributed by atoms with Crippen molar-refractivity contribution in [1.29, 1.82) is 0 Å². The van der Waals surface area contributed by atoms with E-state index in [0.29, 0.717) is 99.9 Å². The van der Waals surface area contributed by atoms with Gasteiger partial charge in [0.1, 0.15) is 53.0 Å². The number of carbonyl (C=O) groups excluding carboxylic acids is 5. The van der Waals surface area contributed by atoms with E-state index < -0.39 is 22.1 Å². The van der Waals surface area contributed by atoms with Crippen LogP contribution in [0.3, 0.4) is 0 Å². The Kier molecular flexibility index (Phi) is 32.6. The number of ether oxygens (including phenoxy) is 6. The summed E-state index contributed by atoms with van der Waals surface area (Å²) < 4.78 is 44.8. The van der Waals surface area contributed by atoms with Crippen LogP contribution >= 0.6 is 23.2 Å². The normalized spacial score (nSPS) is 18.1. The van der Waals surface area contributed by atoms with Crippen molar-refractivity contribution in [3.05, 3.63) is 368 Å². The minimum atomic E-state index is -1.20. The molecule has 0 saturated heterocycles. The fourth-order valence-corrected chi connectivity index (χ4v) is 22.0. The predicted octanol–water partition coefficient (Wildman–Crippen LogP) is 20.8. The number of phenolic OH excluding ortho intramolecular Hbond substituents is 1. The number of anilines is 7. The number of allylic oxidation sites excluding steroid dienone is 5. The second-order valence-electron chi connectivity index (χ2n) is 34.7. The lowest BCUT2D eigenvalue weighted by atomic mass is 9.68. The number of aromatic nitrogens is 12. The molecule has 0 fully saturated rings. The monoisotopic (exact) mass is 2010 g/mol. The Bertz CT molecular complexity index is 7120. The number of nitrogens with two attached hydrogens (primary N) is 1. The van der Waals surface area contributed by atoms with Crippen LogP contribution in [0.1, 0.15) is 221 Å². The minimum absolute atomic E-state index is 0.147. The molecule has 0 saturated carbocycles. The molecule has 14 heterocycles. The topological polar surface area (TPSA) is 453 Å². The summed E-state index contributed by atoms with van der Waals surface area (Å²) >= 11 is 12.8. The molecule has 0 radical (unpaired) electrons. The number of phenols is 1. The molecule has 7 unspecified atom stereocenters. The van der Waals surface area contributed by atoms with Crippen molar-refractivity contribution in [2.45, 2.75) is 160 Å². The summed E-state index contributed by atoms with van der Waals surface area (Å²) in [5.41, 5.74) is 27.5. The zero-order chi connectivity index (χ0) is 102. The van der Waals surface area contributed by atoms with Crippen LogP contribution in [0.4, 0.5) is 40.6 Å². The average molecular weight is 2020 g/mol. The molecule has 0 aliphatic carbocycles. The molecule has 7 aromatic carbocycles. The van der Waals surface area contributed by atoms with Gasteiger partial charge in [0.15, 0.2) is 0 Å². The first kappa shape index (κ1) is 102. The average Bonchev–Trinajstić information content (AvgIpc) is 1.54. The largest absolute Gasteiger partial charge is 0.508 e. The Hall–Kier alpha value is -16.0. The maximum absolute atomic E-state index is 13.0. The van der Waals surface area contributed by atoms with Gasteiger partial charge in [0, 0.05) is 106 Å². The molecule has 33 nitrogen and oxygen atoms in total. The third-order valence-electron chi connectivity index (χ3n) is 26.0. The number of aromatic hydroxyl groups is 1. The number of nitrogens with one attached hydrogen (secondary N) is 12. The van der Waals surface area contributed by atoms with Gasteiger partial charge in [0.05, 0.1) is 145 Å². The number of esters is 5. The molecular formula is C109H114Cl2N20O13S. The van der Waals surface area contributed by atoms with Gasteiger partial charge < -0.3 is 71.2 Å². The van der Waals surface area contributed by atoms with Gasteiger partial charge in [-0.3, -0.25) is 34.8 Å². The quantitative estimate of drug-likeness (QED) is 0.0116. The molecular weight excluding hydrogens is 1900 g/mol. The highest BCUT2D eigenvalue weighted by atomic mass is 35.5. The second kappa shape index (κ2) is 46.4. The molecule has 7 atom stereocenters. The van der Waals surface area contributed by atoms with Crippen molar-refractivity contribution < 1.29 is 61.7 Å². The van der Waals surface area contributed by atoms with Gasteiger partial charge in [0.2, 0.25) is 5.70 Å². The van der Waals surface area contributed by atoms with E-state index in [1.807, 2.05) is 159 Å². The van der Waals surface area contributed by atoms with E-state index in [0.717, 1.165) is 191 Å². The molecule has 0 amide bonds. The van der Waals surface area contributed by atoms with Gasteiger partial charge in [-0.25, -0.2) is 28.8 Å². The molecule has 21 rings (SSSR count). The maximum Gasteiger partial charge on any atom is 0.337 e. The lowest BCUT2D eigenvalue weighted by Crippen LogP contribution is -2.41. The van der Waals surface area contributed by atoms with Crippen LogP contribution in [-0.4, -0.2) is 146 Å². The second-order valence-corrected chi connectivity index (χ2v) is 37.0. The number of nitrogen functional groups attached to an aromatic ring is 1. The third-order valence-corrected chi connectivity index (χ3v) is 28.3. The molecule has 748 valence electrons. The third kappa shape index (κ3) is 20.6. The number of carbonyl (C=O) groups is 5. The van der Waals surface area contributed by atoms with E-state index in [9.17, 15) is 33.3 Å². The number of aromatic amines is 6. The number of nitrogens with zero attached hydrogens (tertiary/aromatic N) is 7. The summed E-state index contributed by atoms with van der Waals surface area (Å²) in [5, 5.41) is 74.0. The first-order chi connectivity index (χ1) is 70.6. The van der Waals surface area contributed by atoms with E-state index in [1.165, 1.54) is 5.56 Å². The lowest BCUT2D eigenvalue weighted by molar-refractivity contribution is -0.140. The summed E-state index contributed by atoms with van der Waals surface area (Å²) in [6, 6.07) is 53.3. The number of fused-ring (bicyclic) bond motifs is 9. The number of rotatable bonds is 24. The molecule has 8 aliphatic rings. The highest BCUT2D eigenvalue weighted by Crippen LogP contribution is 2.56. The molecule has 6 aromatic heterocycles. The van der Waals surface area contributed by atoms with E-state index in [4.69, 9.17) is 63.9 Å². The van der Waals surface area contributed by atoms with Gasteiger partial charge in [-0.15, -0.1) is 0 Å². The van der Waals surface area contributed by atoms with Crippen molar-refractivity contribution >= 4 is 110 Å². The highest BCUT2D eigenvalue weighted by Gasteiger charge is 2.55. The molecule has 13 aromatic rings. The Labute approximate surface area is 851 Å². The fraction of sp³-hybridized carbons (Fsp3) is 0.284. The van der Waals surface area contributed by atoms with Crippen molar-refractivity contribution in [2.75, 3.05) is 83.5 Å². The first-order valence-electron chi connectivity index (χ1n) is 48.4. The van der Waals surface area contributed by atoms with Crippen LogP contribution in [0.2, 0.25) is 10.0 Å². The number of cyclic esters (lactones) is 1. The molecule has 36 heteroatoms. The summed E-state index contributed by atoms with van der Waals surface area (Å²) in [6.07, 6.45) is 17.9. The first-order valence-corrected chi connectivity index (χ1v) is 50.5. The smallest absolute Gasteiger partial charge is 0.337 e. The van der Waals surface area contributed by atoms with Crippen LogP contribution < -0.4 is 42.4 Å². The van der Waals surface area contributed by atoms with Gasteiger partial charge >= 0.3 is 29.8 Å². The van der Waals surface area contributed by atoms with E-state index in [1.54, 1.807) is 70.3 Å². The highest BCUT2D eigenvalue weighted by molar-refractivity contribution is 7.85. The van der Waals surface area contributed by atoms with Crippen LogP contribution in [0, 0.1) is 6.57 Å². The minimum Gasteiger partial charge on any atom is -0.508 e. The summed E-state index contributed by atoms with van der Waals surface area (Å²) in [4.78, 5) is 68.0. The molecule has 15 N–H and O–H groups in total. The number of benzene rings is 7. The summed E-state index contributed by atoms with van der Waals surface area (Å²) in [5.74, 6) is 2.99. The van der Waals surface area contributed by atoms with Crippen molar-refractivity contribution in [1.82, 2.24) is 61.2 Å². The zero-order valence-electron chi connectivity index (χ0n) is 81.8. The molecule has 0 bridgehead atoms. The molecule has 1 spiro atoms. The maximum atomic E-state index is 13.0. The van der Waals surface area contributed by atoms with Crippen LogP contribution in [-0.2, 0) is 70.3 Å². The van der Waals surface area contributed by atoms with Gasteiger partial charge in [-0.1, -0.05) is 211 Å². The number of methoxy groups -OCH3 is 1. The Morgan fingerprint density at radius 3 is 1.36 bits per heavy atom. The van der Waals surface area contributed by atoms with Gasteiger partial charge in [0.25, 0.3) is 0 Å². The van der Waals surface area contributed by atoms with Crippen LogP contribution in [0.5, 0.6) is 11.5 Å². The fourth-order valence-electron chi connectivity index (χ4n) is 19.8. The molecule has 8 aliphatic heterocycles. The number of hydrogen-bond donors (Lipinski definition) is 14. The van der Waals surface area contributed by atoms with E-state index in [-0.39, 0.29) is 65.9 Å². The summed E-state index contributed by atoms with van der Waals surface area (Å²) in [7, 11) is 0.429. The number of aryl methyl sites for hydroxylation is 1. The number of H-pyrrole nitrogens is 6. The Morgan fingerprint density at radius 2 is 0.862 bits per heavy atom. The number of para-hydroxylation sites is 2. The van der Waals surface area contributed by atoms with Gasteiger partial charge in [-0.2, -0.15) is 30.6 Å². The number of halogens is 2. The van der Waals surface area contributed by atoms with E-state index in [2.05, 4.69) is 145 Å². The molecule has 145 heavy (non-hydrogen) atoms. The van der Waals surface area contributed by atoms with E-state index >= 15 is 0 Å². The lowest BCUT2D eigenvalue weighted by Gasteiger charge is -2.37. The Morgan fingerprint density at radius 1 is 0.455 bits per heavy atom. The SMILES string of the molecule is CCCC1=C(C(=O)OCC)C(c2ccccc2CC)c2cn[nH]c2N1.CCCC1=C(C(=O)OCC)C(c2ccccc2N)c2cn[nH]c2N1.CCCC1=C(C(=O)OCC)C(c2ccccc2O)c2cn[nH]c2N1.CCCC1=C(C(=O)OCC)C2(CS(=O)c3ccccc32)c2cn[nH]c2N1.O=C1OCC2=C1C(c1ccccc1Cl)c1cn[nH]c1N2.[C-]#[N+]C1=C(c2ccc(OC)cc2)Nc2[nH]ncc2C1c1ccccc1Cl. The van der Waals surface area contributed by atoms with Crippen molar-refractivity contribution in [2.24, 2.45) is 0 Å². The Balaban J connectivity index is 0.000000125. The van der Waals surface area contributed by atoms with Gasteiger partial charge in [-0.05, 0) is 141 Å². The van der Waals surface area contributed by atoms with Crippen molar-refractivity contribution in [3.63, 3.8) is 0 Å². The summed E-state index contributed by atoms with van der Waals surface area (Å²) in [6.45, 7) is 27.0. The zero-order valence-corrected chi connectivity index (χ0v) is 84.2. The van der Waals surface area contributed by atoms with Crippen LogP contribution in [0.15, 0.2) is 274 Å². The predicted molar refractivity (Wildman–Crippen MR) is 557 cm³/mol. The standard InChI is InChI=1S/C20H15ClN4O.C20H25N3O2.C19H21N3O3S.C18H22N4O2.C18H21N3O3.C14H10ClN3O2/c1-22-19-17(14-5-3-4-6-16(14)21)15-11-23-25-20(15)24-18(19)12-7-9-13(26-2)10-8-12;1-4-9-16-18(20(24)25-6-3)17(15-12-21-23-19(15)22-16)14-11-8-7-10-13(14)5-2;1-3-7-14-16(18(23)25-4-2)19(13-10-20-22-17(13)21-14)11-26(24)15-9-6-5-8-12(15)19;1-3-7-14-16(18(23)24-4-2)15(11-8-5-6-9-13(11)19)12-10-20-22-17(12)21-14;1-3-7-13-16(18(23)24-4-2)15(11-8-5-6-9-14(11)22)12-10-19-21-17(12)20-13;15-9-4-2-1-3-7(9)11-8-5-16-18-13(8)17-10-6-20-14(19)12(10)11/h3-11,17H,2H3,(H2,23,24,25);7-8,10-12,17H,4-6,9H2,1-3H3,(H2,21,22,23);5-6,8-10H,3-4,7,11H2,1-2H3,(H2,20,21,22);5-6,8-10,15H,3-4,7,19H2,1-2H3,(H2,20,21,22);5-6,8-10,15,22H,3-4,7H2,1-2H3,(H2,19,20,21);1-5,11H,6H2,(H2,16,17,18). The van der Waals surface area contributed by atoms with Crippen molar-refractivity contribution in [3.8, 4) is 11.5 Å².